The number of aryl methyl sites for hydroxylation is 2. The molecule has 1 N–H and O–H groups in total. The van der Waals surface area contributed by atoms with Gasteiger partial charge >= 0.3 is 0 Å². The summed E-state index contributed by atoms with van der Waals surface area (Å²) in [6.07, 6.45) is 0.963. The van der Waals surface area contributed by atoms with Crippen LogP contribution < -0.4 is 10.2 Å². The maximum absolute atomic E-state index is 11.0. The zero-order chi connectivity index (χ0) is 14.3. The molecule has 4 nitrogen and oxygen atoms in total. The molecule has 0 radical (unpaired) electrons. The molecule has 0 spiro atoms. The normalized spacial score (nSPS) is 13.4. The maximum atomic E-state index is 11.0. The first-order valence-electron chi connectivity index (χ1n) is 6.64. The Labute approximate surface area is 122 Å². The van der Waals surface area contributed by atoms with Crippen molar-refractivity contribution in [2.24, 2.45) is 5.18 Å². The molecule has 0 atom stereocenters. The number of benzene rings is 1. The number of nitroso groups, excluding NO2 is 1. The van der Waals surface area contributed by atoms with Gasteiger partial charge in [-0.3, -0.25) is 0 Å². The Morgan fingerprint density at radius 2 is 2.15 bits per heavy atom. The second kappa shape index (κ2) is 4.90. The van der Waals surface area contributed by atoms with Crippen molar-refractivity contribution in [3.05, 3.63) is 39.8 Å². The number of anilines is 3. The predicted molar refractivity (Wildman–Crippen MR) is 85.9 cm³/mol. The summed E-state index contributed by atoms with van der Waals surface area (Å²) in [5.74, 6) is 0. The van der Waals surface area contributed by atoms with Crippen molar-refractivity contribution < 1.29 is 0 Å². The van der Waals surface area contributed by atoms with Crippen LogP contribution in [0.2, 0.25) is 0 Å². The molecule has 0 amide bonds. The monoisotopic (exact) mass is 287 g/mol. The molecular weight excluding hydrogens is 270 g/mol. The van der Waals surface area contributed by atoms with Gasteiger partial charge in [0, 0.05) is 24.8 Å². The molecule has 0 fully saturated rings. The highest BCUT2D eigenvalue weighted by molar-refractivity contribution is 7.20. The maximum Gasteiger partial charge on any atom is 0.186 e. The Morgan fingerprint density at radius 3 is 2.85 bits per heavy atom. The second-order valence-electron chi connectivity index (χ2n) is 5.27. The Hall–Kier alpha value is -1.88. The molecule has 1 aromatic carbocycles. The molecule has 0 saturated carbocycles. The molecule has 2 aromatic rings. The summed E-state index contributed by atoms with van der Waals surface area (Å²) in [6.45, 7) is 5.12. The van der Waals surface area contributed by atoms with E-state index in [-0.39, 0.29) is 0 Å². The van der Waals surface area contributed by atoms with Crippen LogP contribution in [0, 0.1) is 18.8 Å². The fourth-order valence-electron chi connectivity index (χ4n) is 2.70. The average Bonchev–Trinajstić information content (AvgIpc) is 2.95. The van der Waals surface area contributed by atoms with Crippen molar-refractivity contribution in [3.8, 4) is 0 Å². The molecule has 104 valence electrons. The van der Waals surface area contributed by atoms with Crippen molar-refractivity contribution in [3.63, 3.8) is 0 Å². The number of likely N-dealkylation sites (N-methyl/N-ethyl adjacent to an activating group) is 1. The van der Waals surface area contributed by atoms with Crippen LogP contribution in [0.1, 0.15) is 16.7 Å². The van der Waals surface area contributed by atoms with Crippen molar-refractivity contribution in [1.82, 2.24) is 0 Å². The van der Waals surface area contributed by atoms with Crippen LogP contribution in [-0.4, -0.2) is 13.6 Å². The fraction of sp³-hybridized carbons (Fsp3) is 0.333. The third-order valence-electron chi connectivity index (χ3n) is 3.75. The van der Waals surface area contributed by atoms with E-state index >= 15 is 0 Å². The molecule has 0 unspecified atom stereocenters. The van der Waals surface area contributed by atoms with Gasteiger partial charge in [-0.2, -0.15) is 0 Å². The molecule has 1 aromatic heterocycles. The Kier molecular flexibility index (Phi) is 3.22. The molecular formula is C15H17N3OS. The van der Waals surface area contributed by atoms with E-state index in [0.717, 1.165) is 29.3 Å². The van der Waals surface area contributed by atoms with Crippen LogP contribution in [-0.2, 0) is 6.42 Å². The van der Waals surface area contributed by atoms with Crippen molar-refractivity contribution in [2.45, 2.75) is 20.3 Å². The number of nitrogens with one attached hydrogen (secondary N) is 1. The van der Waals surface area contributed by atoms with Gasteiger partial charge in [-0.25, -0.2) is 0 Å². The zero-order valence-electron chi connectivity index (χ0n) is 11.9. The van der Waals surface area contributed by atoms with Gasteiger partial charge in [0.2, 0.25) is 0 Å². The first-order chi connectivity index (χ1) is 9.60. The van der Waals surface area contributed by atoms with E-state index in [9.17, 15) is 4.91 Å². The third-order valence-corrected chi connectivity index (χ3v) is 4.77. The van der Waals surface area contributed by atoms with Crippen LogP contribution in [0.5, 0.6) is 0 Å². The molecule has 1 aliphatic rings. The van der Waals surface area contributed by atoms with Crippen LogP contribution in [0.15, 0.2) is 23.4 Å². The minimum atomic E-state index is 0.576. The summed E-state index contributed by atoms with van der Waals surface area (Å²) < 4.78 is 0. The molecule has 0 bridgehead atoms. The summed E-state index contributed by atoms with van der Waals surface area (Å²) in [4.78, 5) is 13.1. The predicted octanol–water partition coefficient (Wildman–Crippen LogP) is 4.50. The highest BCUT2D eigenvalue weighted by Gasteiger charge is 2.27. The number of hydrogen-bond donors (Lipinski definition) is 1. The summed E-state index contributed by atoms with van der Waals surface area (Å²) in [5.41, 5.74) is 5.76. The standard InChI is InChI=1S/C15H17N3OS/c1-9-4-5-12(10(2)8-9)16-14-11-6-7-18(3)13(11)15(17-19)20-14/h4-5,8,16H,6-7H2,1-3H3. The van der Waals surface area contributed by atoms with Crippen LogP contribution in [0.3, 0.4) is 0 Å². The van der Waals surface area contributed by atoms with E-state index in [0.29, 0.717) is 5.00 Å². The first kappa shape index (κ1) is 13.1. The minimum absolute atomic E-state index is 0.576. The quantitative estimate of drug-likeness (QED) is 0.845. The summed E-state index contributed by atoms with van der Waals surface area (Å²) in [5, 5.41) is 8.27. The molecule has 2 heterocycles. The van der Waals surface area contributed by atoms with Crippen molar-refractivity contribution in [2.75, 3.05) is 23.8 Å². The fourth-order valence-corrected chi connectivity index (χ4v) is 3.79. The van der Waals surface area contributed by atoms with Gasteiger partial charge < -0.3 is 10.2 Å². The Morgan fingerprint density at radius 1 is 1.35 bits per heavy atom. The van der Waals surface area contributed by atoms with Crippen molar-refractivity contribution in [1.29, 1.82) is 0 Å². The van der Waals surface area contributed by atoms with Gasteiger partial charge in [-0.1, -0.05) is 29.0 Å². The highest BCUT2D eigenvalue weighted by atomic mass is 32.1. The molecule has 1 aliphatic heterocycles. The third kappa shape index (κ3) is 2.08. The SMILES string of the molecule is Cc1ccc(Nc2sc(N=O)c3c2CCN3C)c(C)c1. The first-order valence-corrected chi connectivity index (χ1v) is 7.46. The van der Waals surface area contributed by atoms with Gasteiger partial charge in [0.25, 0.3) is 0 Å². The van der Waals surface area contributed by atoms with Gasteiger partial charge in [0.1, 0.15) is 5.00 Å². The number of fused-ring (bicyclic) bond motifs is 1. The van der Waals surface area contributed by atoms with E-state index in [4.69, 9.17) is 0 Å². The molecule has 0 saturated heterocycles. The lowest BCUT2D eigenvalue weighted by Crippen LogP contribution is -2.12. The minimum Gasteiger partial charge on any atom is -0.371 e. The lowest BCUT2D eigenvalue weighted by Gasteiger charge is -2.09. The summed E-state index contributed by atoms with van der Waals surface area (Å²) in [6, 6.07) is 6.33. The molecule has 3 rings (SSSR count). The number of thiophene rings is 1. The lowest BCUT2D eigenvalue weighted by atomic mass is 10.1. The Bertz CT molecular complexity index is 678. The number of hydrogen-bond acceptors (Lipinski definition) is 5. The highest BCUT2D eigenvalue weighted by Crippen LogP contribution is 2.49. The smallest absolute Gasteiger partial charge is 0.186 e. The van der Waals surface area contributed by atoms with E-state index in [2.05, 4.69) is 47.4 Å². The van der Waals surface area contributed by atoms with E-state index in [1.54, 1.807) is 0 Å². The lowest BCUT2D eigenvalue weighted by molar-refractivity contribution is 0.956. The van der Waals surface area contributed by atoms with Crippen molar-refractivity contribution >= 4 is 32.7 Å². The molecule has 0 aliphatic carbocycles. The largest absolute Gasteiger partial charge is 0.371 e. The zero-order valence-corrected chi connectivity index (χ0v) is 12.7. The average molecular weight is 287 g/mol. The number of rotatable bonds is 3. The van der Waals surface area contributed by atoms with Crippen LogP contribution in [0.25, 0.3) is 0 Å². The molecule has 5 heteroatoms. The van der Waals surface area contributed by atoms with Gasteiger partial charge in [-0.05, 0) is 37.1 Å². The van der Waals surface area contributed by atoms with Crippen LogP contribution >= 0.6 is 11.3 Å². The Balaban J connectivity index is 2.00. The van der Waals surface area contributed by atoms with Crippen LogP contribution in [0.4, 0.5) is 21.4 Å². The van der Waals surface area contributed by atoms with E-state index in [1.807, 2.05) is 7.05 Å². The van der Waals surface area contributed by atoms with Gasteiger partial charge in [0.05, 0.1) is 5.69 Å². The summed E-state index contributed by atoms with van der Waals surface area (Å²) >= 11 is 1.44. The topological polar surface area (TPSA) is 44.7 Å². The van der Waals surface area contributed by atoms with E-state index < -0.39 is 0 Å². The summed E-state index contributed by atoms with van der Waals surface area (Å²) in [7, 11) is 2.01. The second-order valence-corrected chi connectivity index (χ2v) is 6.27. The van der Waals surface area contributed by atoms with E-state index in [1.165, 1.54) is 28.0 Å². The molecule has 20 heavy (non-hydrogen) atoms. The number of nitrogens with zero attached hydrogens (tertiary/aromatic N) is 2. The van der Waals surface area contributed by atoms with Gasteiger partial charge in [-0.15, -0.1) is 4.91 Å². The van der Waals surface area contributed by atoms with Gasteiger partial charge in [0.15, 0.2) is 5.00 Å².